The van der Waals surface area contributed by atoms with Crippen LogP contribution in [-0.2, 0) is 6.54 Å². The van der Waals surface area contributed by atoms with Crippen molar-refractivity contribution in [3.63, 3.8) is 0 Å². The van der Waals surface area contributed by atoms with E-state index in [4.69, 9.17) is 0 Å². The molecule has 0 aliphatic heterocycles. The Hall–Kier alpha value is -1.97. The van der Waals surface area contributed by atoms with Crippen LogP contribution in [0.2, 0.25) is 0 Å². The normalized spacial score (nSPS) is 10.8. The summed E-state index contributed by atoms with van der Waals surface area (Å²) < 4.78 is 13.1. The number of nitrogens with one attached hydrogen (secondary N) is 1. The third-order valence-corrected chi connectivity index (χ3v) is 2.75. The Kier molecular flexibility index (Phi) is 4.10. The second-order valence-corrected chi connectivity index (χ2v) is 4.89. The second kappa shape index (κ2) is 5.78. The van der Waals surface area contributed by atoms with Gasteiger partial charge in [-0.3, -0.25) is 0 Å². The minimum absolute atomic E-state index is 0.221. The molecule has 0 atom stereocenters. The lowest BCUT2D eigenvalue weighted by atomic mass is 10.2. The first-order valence-corrected chi connectivity index (χ1v) is 6.38. The molecule has 0 aliphatic rings. The molecule has 4 heteroatoms. The molecule has 0 saturated heterocycles. The molecule has 0 saturated carbocycles. The number of anilines is 1. The summed E-state index contributed by atoms with van der Waals surface area (Å²) in [7, 11) is 0. The van der Waals surface area contributed by atoms with E-state index in [2.05, 4.69) is 29.1 Å². The van der Waals surface area contributed by atoms with E-state index in [1.54, 1.807) is 6.07 Å². The first-order valence-electron chi connectivity index (χ1n) is 6.38. The zero-order valence-corrected chi connectivity index (χ0v) is 11.4. The fraction of sp³-hybridized carbons (Fsp3) is 0.333. The Morgan fingerprint density at radius 1 is 1.21 bits per heavy atom. The smallest absolute Gasteiger partial charge is 0.133 e. The molecule has 2 rings (SSSR count). The van der Waals surface area contributed by atoms with Gasteiger partial charge in [0.05, 0.1) is 0 Å². The summed E-state index contributed by atoms with van der Waals surface area (Å²) in [6, 6.07) is 8.44. The lowest BCUT2D eigenvalue weighted by Crippen LogP contribution is -2.06. The van der Waals surface area contributed by atoms with Gasteiger partial charge in [0, 0.05) is 24.2 Å². The first kappa shape index (κ1) is 13.5. The van der Waals surface area contributed by atoms with Crippen LogP contribution in [0.15, 0.2) is 30.3 Å². The van der Waals surface area contributed by atoms with Crippen LogP contribution in [-0.4, -0.2) is 9.97 Å². The van der Waals surface area contributed by atoms with Crippen molar-refractivity contribution in [3.8, 4) is 0 Å². The number of hydrogen-bond acceptors (Lipinski definition) is 3. The van der Waals surface area contributed by atoms with E-state index in [0.717, 1.165) is 22.9 Å². The van der Waals surface area contributed by atoms with Gasteiger partial charge in [-0.05, 0) is 24.6 Å². The van der Waals surface area contributed by atoms with Gasteiger partial charge in [0.15, 0.2) is 0 Å². The van der Waals surface area contributed by atoms with Crippen molar-refractivity contribution in [3.05, 3.63) is 53.2 Å². The van der Waals surface area contributed by atoms with Crippen LogP contribution in [0.1, 0.15) is 36.8 Å². The van der Waals surface area contributed by atoms with Crippen molar-refractivity contribution in [1.29, 1.82) is 0 Å². The zero-order chi connectivity index (χ0) is 13.8. The number of hydrogen-bond donors (Lipinski definition) is 1. The maximum atomic E-state index is 13.1. The summed E-state index contributed by atoms with van der Waals surface area (Å²) in [5.41, 5.74) is 1.82. The highest BCUT2D eigenvalue weighted by Gasteiger charge is 2.06. The molecule has 0 unspecified atom stereocenters. The van der Waals surface area contributed by atoms with Gasteiger partial charge in [-0.1, -0.05) is 26.0 Å². The summed E-state index contributed by atoms with van der Waals surface area (Å²) in [4.78, 5) is 8.85. The van der Waals surface area contributed by atoms with Crippen LogP contribution in [0.5, 0.6) is 0 Å². The molecule has 0 amide bonds. The Bertz CT molecular complexity index is 567. The maximum absolute atomic E-state index is 13.1. The SMILES string of the molecule is Cc1cc(NCc2cccc(F)c2)nc(C(C)C)n1. The van der Waals surface area contributed by atoms with Gasteiger partial charge in [0.25, 0.3) is 0 Å². The molecule has 1 N–H and O–H groups in total. The minimum Gasteiger partial charge on any atom is -0.366 e. The third kappa shape index (κ3) is 3.74. The van der Waals surface area contributed by atoms with Crippen LogP contribution < -0.4 is 5.32 Å². The molecule has 2 aromatic rings. The summed E-state index contributed by atoms with van der Waals surface area (Å²) >= 11 is 0. The minimum atomic E-state index is -0.221. The van der Waals surface area contributed by atoms with E-state index in [1.807, 2.05) is 19.1 Å². The molecule has 0 radical (unpaired) electrons. The quantitative estimate of drug-likeness (QED) is 0.910. The lowest BCUT2D eigenvalue weighted by Gasteiger charge is -2.10. The number of nitrogens with zero attached hydrogens (tertiary/aromatic N) is 2. The fourth-order valence-electron chi connectivity index (χ4n) is 1.78. The molecule has 1 heterocycles. The van der Waals surface area contributed by atoms with Gasteiger partial charge < -0.3 is 5.32 Å². The number of aromatic nitrogens is 2. The molecule has 100 valence electrons. The van der Waals surface area contributed by atoms with E-state index >= 15 is 0 Å². The molecule has 0 fully saturated rings. The Balaban J connectivity index is 2.11. The predicted molar refractivity (Wildman–Crippen MR) is 74.6 cm³/mol. The molecule has 0 bridgehead atoms. The van der Waals surface area contributed by atoms with Gasteiger partial charge in [-0.15, -0.1) is 0 Å². The largest absolute Gasteiger partial charge is 0.366 e. The maximum Gasteiger partial charge on any atom is 0.133 e. The summed E-state index contributed by atoms with van der Waals surface area (Å²) in [5, 5.41) is 3.21. The zero-order valence-electron chi connectivity index (χ0n) is 11.4. The molecule has 0 spiro atoms. The van der Waals surface area contributed by atoms with Crippen LogP contribution in [0.4, 0.5) is 10.2 Å². The Morgan fingerprint density at radius 2 is 2.00 bits per heavy atom. The fourth-order valence-corrected chi connectivity index (χ4v) is 1.78. The van der Waals surface area contributed by atoms with Crippen LogP contribution >= 0.6 is 0 Å². The molecule has 19 heavy (non-hydrogen) atoms. The number of aryl methyl sites for hydroxylation is 1. The van der Waals surface area contributed by atoms with Crippen LogP contribution in [0.25, 0.3) is 0 Å². The van der Waals surface area contributed by atoms with E-state index in [1.165, 1.54) is 12.1 Å². The molecular formula is C15H18FN3. The van der Waals surface area contributed by atoms with Crippen molar-refractivity contribution < 1.29 is 4.39 Å². The summed E-state index contributed by atoms with van der Waals surface area (Å²) in [5.74, 6) is 1.66. The van der Waals surface area contributed by atoms with E-state index in [-0.39, 0.29) is 11.7 Å². The first-order chi connectivity index (χ1) is 9.04. The van der Waals surface area contributed by atoms with Crippen molar-refractivity contribution in [1.82, 2.24) is 9.97 Å². The van der Waals surface area contributed by atoms with Crippen molar-refractivity contribution in [2.45, 2.75) is 33.2 Å². The van der Waals surface area contributed by atoms with Gasteiger partial charge >= 0.3 is 0 Å². The summed E-state index contributed by atoms with van der Waals surface area (Å²) in [6.07, 6.45) is 0. The van der Waals surface area contributed by atoms with E-state index < -0.39 is 0 Å². The van der Waals surface area contributed by atoms with Gasteiger partial charge in [0.1, 0.15) is 17.5 Å². The number of benzene rings is 1. The average molecular weight is 259 g/mol. The van der Waals surface area contributed by atoms with Crippen molar-refractivity contribution in [2.24, 2.45) is 0 Å². The predicted octanol–water partition coefficient (Wildman–Crippen LogP) is 3.66. The average Bonchev–Trinajstić information content (AvgIpc) is 2.36. The van der Waals surface area contributed by atoms with Gasteiger partial charge in [-0.2, -0.15) is 0 Å². The van der Waals surface area contributed by atoms with Crippen molar-refractivity contribution >= 4 is 5.82 Å². The Morgan fingerprint density at radius 3 is 2.68 bits per heavy atom. The second-order valence-electron chi connectivity index (χ2n) is 4.89. The molecule has 3 nitrogen and oxygen atoms in total. The highest BCUT2D eigenvalue weighted by Crippen LogP contribution is 2.14. The van der Waals surface area contributed by atoms with Crippen LogP contribution in [0, 0.1) is 12.7 Å². The standard InChI is InChI=1S/C15H18FN3/c1-10(2)15-18-11(3)7-14(19-15)17-9-12-5-4-6-13(16)8-12/h4-8,10H,9H2,1-3H3,(H,17,18,19). The van der Waals surface area contributed by atoms with Crippen molar-refractivity contribution in [2.75, 3.05) is 5.32 Å². The molecular weight excluding hydrogens is 241 g/mol. The molecule has 1 aromatic heterocycles. The highest BCUT2D eigenvalue weighted by molar-refractivity contribution is 5.37. The van der Waals surface area contributed by atoms with Crippen LogP contribution in [0.3, 0.4) is 0 Å². The molecule has 1 aromatic carbocycles. The lowest BCUT2D eigenvalue weighted by molar-refractivity contribution is 0.626. The summed E-state index contributed by atoms with van der Waals surface area (Å²) in [6.45, 7) is 6.61. The molecule has 0 aliphatic carbocycles. The number of rotatable bonds is 4. The third-order valence-electron chi connectivity index (χ3n) is 2.75. The number of halogens is 1. The van der Waals surface area contributed by atoms with E-state index in [0.29, 0.717) is 6.54 Å². The van der Waals surface area contributed by atoms with Gasteiger partial charge in [0.2, 0.25) is 0 Å². The highest BCUT2D eigenvalue weighted by atomic mass is 19.1. The topological polar surface area (TPSA) is 37.8 Å². The monoisotopic (exact) mass is 259 g/mol. The van der Waals surface area contributed by atoms with E-state index in [9.17, 15) is 4.39 Å². The Labute approximate surface area is 112 Å². The van der Waals surface area contributed by atoms with Gasteiger partial charge in [-0.25, -0.2) is 14.4 Å².